The van der Waals surface area contributed by atoms with Gasteiger partial charge in [-0.1, -0.05) is 18.2 Å². The second-order valence-electron chi connectivity index (χ2n) is 5.06. The highest BCUT2D eigenvalue weighted by atomic mass is 16.2. The van der Waals surface area contributed by atoms with E-state index in [9.17, 15) is 4.79 Å². The quantitative estimate of drug-likeness (QED) is 0.791. The summed E-state index contributed by atoms with van der Waals surface area (Å²) in [6, 6.07) is 8.08. The molecule has 1 aromatic carbocycles. The molecular weight excluding hydrogens is 238 g/mol. The number of hydrogen-bond acceptors (Lipinski definition) is 2. The van der Waals surface area contributed by atoms with Crippen molar-refractivity contribution in [2.45, 2.75) is 12.8 Å². The van der Waals surface area contributed by atoms with Crippen molar-refractivity contribution in [3.63, 3.8) is 0 Å². The molecule has 0 spiro atoms. The molecule has 1 aliphatic carbocycles. The van der Waals surface area contributed by atoms with Gasteiger partial charge in [0.25, 0.3) is 5.91 Å². The highest BCUT2D eigenvalue weighted by molar-refractivity contribution is 6.29. The maximum absolute atomic E-state index is 11.9. The van der Waals surface area contributed by atoms with E-state index in [1.165, 1.54) is 0 Å². The monoisotopic (exact) mass is 251 g/mol. The van der Waals surface area contributed by atoms with Crippen LogP contribution in [0.15, 0.2) is 41.1 Å². The smallest absolute Gasteiger partial charge is 0.273 e. The van der Waals surface area contributed by atoms with Crippen molar-refractivity contribution in [3.05, 3.63) is 41.6 Å². The van der Waals surface area contributed by atoms with E-state index in [1.54, 1.807) is 0 Å². The summed E-state index contributed by atoms with van der Waals surface area (Å²) in [4.78, 5) is 15.1. The van der Waals surface area contributed by atoms with Gasteiger partial charge in [0.1, 0.15) is 0 Å². The maximum Gasteiger partial charge on any atom is 0.273 e. The van der Waals surface area contributed by atoms with Crippen LogP contribution in [0, 0.1) is 5.92 Å². The molecule has 1 aliphatic heterocycles. The zero-order valence-corrected chi connectivity index (χ0v) is 10.3. The molecular formula is C15H13N3O. The number of benzene rings is 1. The fourth-order valence-corrected chi connectivity index (χ4v) is 2.52. The van der Waals surface area contributed by atoms with Crippen LogP contribution in [0.4, 0.5) is 0 Å². The average molecular weight is 251 g/mol. The third-order valence-corrected chi connectivity index (χ3v) is 3.68. The number of fused-ring (bicyclic) bond motifs is 1. The third kappa shape index (κ3) is 1.68. The molecule has 0 unspecified atom stereocenters. The van der Waals surface area contributed by atoms with Gasteiger partial charge in [-0.25, -0.2) is 5.43 Å². The van der Waals surface area contributed by atoms with Crippen LogP contribution in [0.5, 0.6) is 0 Å². The van der Waals surface area contributed by atoms with Gasteiger partial charge < -0.3 is 4.98 Å². The zero-order chi connectivity index (χ0) is 12.8. The van der Waals surface area contributed by atoms with E-state index in [2.05, 4.69) is 21.6 Å². The molecule has 0 saturated heterocycles. The summed E-state index contributed by atoms with van der Waals surface area (Å²) in [5, 5.41) is 5.29. The first-order valence-electron chi connectivity index (χ1n) is 6.49. The van der Waals surface area contributed by atoms with Crippen molar-refractivity contribution in [2.75, 3.05) is 0 Å². The lowest BCUT2D eigenvalue weighted by Crippen LogP contribution is -2.13. The number of carbonyl (C=O) groups excluding carboxylic acids is 1. The fraction of sp³-hybridized carbons (Fsp3) is 0.200. The largest absolute Gasteiger partial charge is 0.361 e. The van der Waals surface area contributed by atoms with Crippen molar-refractivity contribution < 1.29 is 4.79 Å². The van der Waals surface area contributed by atoms with E-state index in [1.807, 2.05) is 30.5 Å². The first-order chi connectivity index (χ1) is 9.33. The minimum absolute atomic E-state index is 0.0906. The predicted molar refractivity (Wildman–Crippen MR) is 74.6 cm³/mol. The van der Waals surface area contributed by atoms with Crippen LogP contribution >= 0.6 is 0 Å². The molecule has 0 bridgehead atoms. The number of H-pyrrole nitrogens is 1. The van der Waals surface area contributed by atoms with Crippen LogP contribution in [0.1, 0.15) is 18.4 Å². The number of amides is 1. The lowest BCUT2D eigenvalue weighted by molar-refractivity contribution is -0.116. The van der Waals surface area contributed by atoms with E-state index in [-0.39, 0.29) is 5.91 Å². The second kappa shape index (κ2) is 3.82. The Morgan fingerprint density at radius 3 is 2.95 bits per heavy atom. The van der Waals surface area contributed by atoms with Crippen LogP contribution in [0.3, 0.4) is 0 Å². The molecule has 0 atom stereocenters. The molecule has 1 fully saturated rings. The Morgan fingerprint density at radius 2 is 2.11 bits per heavy atom. The van der Waals surface area contributed by atoms with Crippen molar-refractivity contribution in [1.29, 1.82) is 0 Å². The highest BCUT2D eigenvalue weighted by Crippen LogP contribution is 2.35. The molecule has 4 rings (SSSR count). The number of aromatic nitrogens is 1. The molecule has 94 valence electrons. The number of rotatable bonds is 2. The molecule has 2 N–H and O–H groups in total. The SMILES string of the molecule is O=C1NN=C(C2CC2)C1=Cc1c[nH]c2ccccc12. The van der Waals surface area contributed by atoms with Crippen LogP contribution in [-0.2, 0) is 4.79 Å². The Bertz CT molecular complexity index is 735. The molecule has 1 saturated carbocycles. The Hall–Kier alpha value is -2.36. The van der Waals surface area contributed by atoms with E-state index < -0.39 is 0 Å². The van der Waals surface area contributed by atoms with Gasteiger partial charge in [-0.15, -0.1) is 0 Å². The lowest BCUT2D eigenvalue weighted by atomic mass is 10.0. The Morgan fingerprint density at radius 1 is 1.26 bits per heavy atom. The van der Waals surface area contributed by atoms with Crippen LogP contribution in [-0.4, -0.2) is 16.6 Å². The molecule has 2 heterocycles. The Balaban J connectivity index is 1.82. The van der Waals surface area contributed by atoms with Crippen molar-refractivity contribution in [1.82, 2.24) is 10.4 Å². The fourth-order valence-electron chi connectivity index (χ4n) is 2.52. The first kappa shape index (κ1) is 10.6. The molecule has 1 amide bonds. The summed E-state index contributed by atoms with van der Waals surface area (Å²) in [5.74, 6) is 0.377. The van der Waals surface area contributed by atoms with Gasteiger partial charge in [-0.2, -0.15) is 5.10 Å². The number of hydrogen-bond donors (Lipinski definition) is 2. The lowest BCUT2D eigenvalue weighted by Gasteiger charge is -1.98. The van der Waals surface area contributed by atoms with E-state index >= 15 is 0 Å². The number of nitrogens with zero attached hydrogens (tertiary/aromatic N) is 1. The molecule has 1 aromatic heterocycles. The minimum atomic E-state index is -0.0906. The molecule has 4 heteroatoms. The Kier molecular flexibility index (Phi) is 2.12. The van der Waals surface area contributed by atoms with Crippen molar-refractivity contribution in [3.8, 4) is 0 Å². The summed E-state index contributed by atoms with van der Waals surface area (Å²) >= 11 is 0. The van der Waals surface area contributed by atoms with Crippen LogP contribution < -0.4 is 5.43 Å². The van der Waals surface area contributed by atoms with E-state index in [0.717, 1.165) is 35.0 Å². The van der Waals surface area contributed by atoms with Gasteiger partial charge in [-0.3, -0.25) is 4.79 Å². The van der Waals surface area contributed by atoms with Gasteiger partial charge in [0.15, 0.2) is 0 Å². The topological polar surface area (TPSA) is 57.2 Å². The predicted octanol–water partition coefficient (Wildman–Crippen LogP) is 2.45. The second-order valence-corrected chi connectivity index (χ2v) is 5.06. The summed E-state index contributed by atoms with van der Waals surface area (Å²) in [7, 11) is 0. The average Bonchev–Trinajstić information content (AvgIpc) is 3.10. The van der Waals surface area contributed by atoms with Crippen LogP contribution in [0.2, 0.25) is 0 Å². The number of aromatic amines is 1. The number of carbonyl (C=O) groups is 1. The molecule has 2 aromatic rings. The zero-order valence-electron chi connectivity index (χ0n) is 10.3. The third-order valence-electron chi connectivity index (χ3n) is 3.68. The van der Waals surface area contributed by atoms with E-state index in [0.29, 0.717) is 11.5 Å². The first-order valence-corrected chi connectivity index (χ1v) is 6.49. The Labute approximate surface area is 110 Å². The summed E-state index contributed by atoms with van der Waals surface area (Å²) < 4.78 is 0. The standard InChI is InChI=1S/C15H13N3O/c19-15-12(14(17-18-15)9-5-6-9)7-10-8-16-13-4-2-1-3-11(10)13/h1-4,7-9,16H,5-6H2,(H,18,19). The maximum atomic E-state index is 11.9. The van der Waals surface area contributed by atoms with Crippen molar-refractivity contribution >= 4 is 28.6 Å². The van der Waals surface area contributed by atoms with Crippen LogP contribution in [0.25, 0.3) is 17.0 Å². The van der Waals surface area contributed by atoms with Gasteiger partial charge in [-0.05, 0) is 25.0 Å². The summed E-state index contributed by atoms with van der Waals surface area (Å²) in [5.41, 5.74) is 6.33. The van der Waals surface area contributed by atoms with Gasteiger partial charge in [0, 0.05) is 28.6 Å². The highest BCUT2D eigenvalue weighted by Gasteiger charge is 2.35. The molecule has 4 nitrogen and oxygen atoms in total. The van der Waals surface area contributed by atoms with Gasteiger partial charge in [0.05, 0.1) is 11.3 Å². The molecule has 19 heavy (non-hydrogen) atoms. The summed E-state index contributed by atoms with van der Waals surface area (Å²) in [6.45, 7) is 0. The molecule has 0 radical (unpaired) electrons. The minimum Gasteiger partial charge on any atom is -0.361 e. The van der Waals surface area contributed by atoms with E-state index in [4.69, 9.17) is 0 Å². The number of hydrazone groups is 1. The number of para-hydroxylation sites is 1. The van der Waals surface area contributed by atoms with Gasteiger partial charge in [0.2, 0.25) is 0 Å². The number of nitrogens with one attached hydrogen (secondary N) is 2. The molecule has 2 aliphatic rings. The summed E-state index contributed by atoms with van der Waals surface area (Å²) in [6.07, 6.45) is 6.16. The van der Waals surface area contributed by atoms with Crippen molar-refractivity contribution in [2.24, 2.45) is 11.0 Å². The normalized spacial score (nSPS) is 20.9. The van der Waals surface area contributed by atoms with Gasteiger partial charge >= 0.3 is 0 Å².